The molecular formula is C4H4NReS-. The van der Waals surface area contributed by atoms with Crippen LogP contribution in [0.1, 0.15) is 5.56 Å². The fourth-order valence-corrected chi connectivity index (χ4v) is 0.690. The molecule has 0 aromatic carbocycles. The fourth-order valence-electron chi connectivity index (χ4n) is 0.230. The average molecular weight is 284 g/mol. The van der Waals surface area contributed by atoms with E-state index >= 15 is 0 Å². The quantitative estimate of drug-likeness (QED) is 0.654. The second kappa shape index (κ2) is 3.31. The van der Waals surface area contributed by atoms with Crippen LogP contribution in [0.3, 0.4) is 0 Å². The Bertz CT molecular complexity index is 115. The zero-order chi connectivity index (χ0) is 4.41. The van der Waals surface area contributed by atoms with E-state index in [0.29, 0.717) is 0 Å². The number of aryl methyl sites for hydroxylation is 1. The average Bonchev–Trinajstić information content (AvgIpc) is 1.86. The van der Waals surface area contributed by atoms with Gasteiger partial charge in [0, 0.05) is 20.4 Å². The molecule has 1 rings (SSSR count). The molecule has 1 heterocycles. The van der Waals surface area contributed by atoms with E-state index in [0.717, 1.165) is 5.56 Å². The minimum absolute atomic E-state index is 0. The third-order valence-corrected chi connectivity index (χ3v) is 1.16. The Labute approximate surface area is 60.6 Å². The first kappa shape index (κ1) is 7.29. The molecule has 1 aromatic rings. The molecule has 0 saturated heterocycles. The van der Waals surface area contributed by atoms with Gasteiger partial charge in [0.15, 0.2) is 0 Å². The zero-order valence-electron chi connectivity index (χ0n) is 3.81. The van der Waals surface area contributed by atoms with Crippen molar-refractivity contribution < 1.29 is 20.4 Å². The van der Waals surface area contributed by atoms with Crippen LogP contribution in [0.5, 0.6) is 0 Å². The van der Waals surface area contributed by atoms with Gasteiger partial charge >= 0.3 is 0 Å². The van der Waals surface area contributed by atoms with E-state index in [-0.39, 0.29) is 20.4 Å². The van der Waals surface area contributed by atoms with Crippen LogP contribution in [0.15, 0.2) is 5.38 Å². The number of hydrogen-bond donors (Lipinski definition) is 0. The van der Waals surface area contributed by atoms with Crippen molar-refractivity contribution in [3.63, 3.8) is 0 Å². The Morgan fingerprint density at radius 1 is 1.86 bits per heavy atom. The summed E-state index contributed by atoms with van der Waals surface area (Å²) < 4.78 is 3.74. The number of rotatable bonds is 0. The van der Waals surface area contributed by atoms with Crippen LogP contribution in [0.4, 0.5) is 0 Å². The predicted molar refractivity (Wildman–Crippen MR) is 25.7 cm³/mol. The summed E-state index contributed by atoms with van der Waals surface area (Å²) in [5.74, 6) is 0. The molecule has 0 saturated carbocycles. The molecule has 0 amide bonds. The second-order valence-corrected chi connectivity index (χ2v) is 1.74. The molecule has 0 N–H and O–H groups in total. The van der Waals surface area contributed by atoms with Crippen LogP contribution >= 0.6 is 11.5 Å². The first-order valence-electron chi connectivity index (χ1n) is 1.68. The third kappa shape index (κ3) is 2.18. The SMILES string of the molecule is Cc1[c-]nsc1.[Re]. The smallest absolute Gasteiger partial charge is 0 e. The molecule has 0 fully saturated rings. The topological polar surface area (TPSA) is 12.9 Å². The van der Waals surface area contributed by atoms with Gasteiger partial charge in [-0.3, -0.25) is 0 Å². The molecule has 0 bridgehead atoms. The van der Waals surface area contributed by atoms with Crippen LogP contribution < -0.4 is 0 Å². The summed E-state index contributed by atoms with van der Waals surface area (Å²) in [5, 5.41) is 1.96. The Balaban J connectivity index is 0.000000360. The van der Waals surface area contributed by atoms with Gasteiger partial charge in [0.1, 0.15) is 0 Å². The van der Waals surface area contributed by atoms with Gasteiger partial charge in [-0.05, 0) is 0 Å². The maximum absolute atomic E-state index is 3.74. The monoisotopic (exact) mass is 285 g/mol. The summed E-state index contributed by atoms with van der Waals surface area (Å²) in [4.78, 5) is 0. The number of aromatic nitrogens is 1. The second-order valence-electron chi connectivity index (χ2n) is 1.11. The van der Waals surface area contributed by atoms with E-state index in [2.05, 4.69) is 10.6 Å². The molecule has 7 heavy (non-hydrogen) atoms. The van der Waals surface area contributed by atoms with Gasteiger partial charge in [-0.2, -0.15) is 17.1 Å². The number of nitrogens with zero attached hydrogens (tertiary/aromatic N) is 1. The van der Waals surface area contributed by atoms with E-state index in [1.54, 1.807) is 0 Å². The van der Waals surface area contributed by atoms with Crippen molar-refractivity contribution in [3.8, 4) is 0 Å². The van der Waals surface area contributed by atoms with Crippen molar-refractivity contribution in [2.45, 2.75) is 6.92 Å². The fraction of sp³-hybridized carbons (Fsp3) is 0.250. The Kier molecular flexibility index (Phi) is 3.45. The van der Waals surface area contributed by atoms with E-state index in [9.17, 15) is 0 Å². The minimum atomic E-state index is 0. The van der Waals surface area contributed by atoms with E-state index in [4.69, 9.17) is 0 Å². The van der Waals surface area contributed by atoms with Crippen molar-refractivity contribution in [1.82, 2.24) is 4.37 Å². The molecule has 3 heteroatoms. The van der Waals surface area contributed by atoms with Crippen molar-refractivity contribution in [2.24, 2.45) is 0 Å². The summed E-state index contributed by atoms with van der Waals surface area (Å²) in [7, 11) is 0. The molecular weight excluding hydrogens is 280 g/mol. The summed E-state index contributed by atoms with van der Waals surface area (Å²) in [6.07, 6.45) is 2.77. The van der Waals surface area contributed by atoms with Crippen molar-refractivity contribution >= 4 is 11.5 Å². The predicted octanol–water partition coefficient (Wildman–Crippen LogP) is 1.25. The molecule has 0 spiro atoms. The molecule has 0 atom stereocenters. The van der Waals surface area contributed by atoms with Gasteiger partial charge in [0.05, 0.1) is 0 Å². The van der Waals surface area contributed by atoms with Crippen LogP contribution in [-0.4, -0.2) is 4.37 Å². The van der Waals surface area contributed by atoms with E-state index in [1.807, 2.05) is 12.3 Å². The standard InChI is InChI=1S/C4H4NS.Re/c1-4-2-5-6-3-4;/h3H,1H3;/q-1;. The summed E-state index contributed by atoms with van der Waals surface area (Å²) in [5.41, 5.74) is 1.13. The van der Waals surface area contributed by atoms with Crippen molar-refractivity contribution in [1.29, 1.82) is 0 Å². The van der Waals surface area contributed by atoms with Gasteiger partial charge in [-0.15, -0.1) is 11.6 Å². The molecule has 1 radical (unpaired) electrons. The molecule has 1 nitrogen and oxygen atoms in total. The Morgan fingerprint density at radius 3 is 2.71 bits per heavy atom. The molecule has 0 aliphatic heterocycles. The van der Waals surface area contributed by atoms with Gasteiger partial charge in [0.2, 0.25) is 0 Å². The third-order valence-electron chi connectivity index (χ3n) is 0.504. The first-order valence-corrected chi connectivity index (χ1v) is 2.52. The van der Waals surface area contributed by atoms with Crippen LogP contribution in [0.2, 0.25) is 0 Å². The van der Waals surface area contributed by atoms with E-state index in [1.165, 1.54) is 11.5 Å². The largest absolute Gasteiger partial charge is 0.325 e. The van der Waals surface area contributed by atoms with E-state index < -0.39 is 0 Å². The first-order chi connectivity index (χ1) is 2.89. The maximum atomic E-state index is 3.74. The van der Waals surface area contributed by atoms with Gasteiger partial charge in [-0.25, -0.2) is 0 Å². The maximum Gasteiger partial charge on any atom is 0 e. The normalized spacial score (nSPS) is 7.57. The van der Waals surface area contributed by atoms with Crippen LogP contribution in [0.25, 0.3) is 0 Å². The molecule has 0 aliphatic rings. The molecule has 1 aromatic heterocycles. The minimum Gasteiger partial charge on any atom is -0.325 e. The van der Waals surface area contributed by atoms with Crippen molar-refractivity contribution in [2.75, 3.05) is 0 Å². The Morgan fingerprint density at radius 2 is 2.57 bits per heavy atom. The molecule has 39 valence electrons. The molecule has 0 unspecified atom stereocenters. The van der Waals surface area contributed by atoms with Crippen LogP contribution in [0, 0.1) is 13.1 Å². The zero-order valence-corrected chi connectivity index (χ0v) is 7.34. The van der Waals surface area contributed by atoms with Gasteiger partial charge in [0.25, 0.3) is 0 Å². The summed E-state index contributed by atoms with van der Waals surface area (Å²) >= 11 is 1.43. The molecule has 0 aliphatic carbocycles. The van der Waals surface area contributed by atoms with Gasteiger partial charge < -0.3 is 4.37 Å². The van der Waals surface area contributed by atoms with Gasteiger partial charge in [-0.1, -0.05) is 6.92 Å². The summed E-state index contributed by atoms with van der Waals surface area (Å²) in [6.45, 7) is 1.98. The number of hydrogen-bond acceptors (Lipinski definition) is 2. The summed E-state index contributed by atoms with van der Waals surface area (Å²) in [6, 6.07) is 0. The van der Waals surface area contributed by atoms with Crippen molar-refractivity contribution in [3.05, 3.63) is 17.1 Å². The Hall–Kier alpha value is 0.292. The van der Waals surface area contributed by atoms with Crippen LogP contribution in [-0.2, 0) is 20.4 Å².